The highest BCUT2D eigenvalue weighted by molar-refractivity contribution is 6.04. The number of nitrogens with one attached hydrogen (secondary N) is 3. The molecule has 0 aliphatic carbocycles. The minimum Gasteiger partial charge on any atom is -0.507 e. The van der Waals surface area contributed by atoms with E-state index in [1.807, 2.05) is 27.8 Å². The molecule has 0 aromatic heterocycles. The molecule has 1 unspecified atom stereocenters. The fourth-order valence-electron chi connectivity index (χ4n) is 2.74. The molecule has 0 radical (unpaired) electrons. The standard InChI is InChI=1S/C17H26N6O.C3H6.CH6N2/c1-4-15(14-6-5-12(17(18)19)9-16(14)24)22-21-11(2)23-8-7-13(10-23)20-3;2*1-3-2/h5-6,9,13,20,24H,4,7-8,10H2,1-3H3,(H3,18,19);3H,1H2,2H3;3H,2H2,1H3/b21-11+,22-15+;;. The molecule has 1 saturated heterocycles. The minimum absolute atomic E-state index is 0.0626. The van der Waals surface area contributed by atoms with Crippen molar-refractivity contribution in [3.63, 3.8) is 0 Å². The van der Waals surface area contributed by atoms with E-state index < -0.39 is 0 Å². The van der Waals surface area contributed by atoms with Crippen LogP contribution in [0, 0.1) is 5.41 Å². The molecule has 1 fully saturated rings. The molecule has 1 aromatic rings. The van der Waals surface area contributed by atoms with Crippen molar-refractivity contribution in [3.05, 3.63) is 42.0 Å². The van der Waals surface area contributed by atoms with E-state index in [4.69, 9.17) is 11.1 Å². The van der Waals surface area contributed by atoms with Gasteiger partial charge in [0, 0.05) is 30.3 Å². The monoisotopic (exact) mass is 418 g/mol. The van der Waals surface area contributed by atoms with Crippen LogP contribution in [0.5, 0.6) is 5.75 Å². The third-order valence-corrected chi connectivity index (χ3v) is 4.32. The normalized spacial score (nSPS) is 16.2. The number of allylic oxidation sites excluding steroid dienone is 1. The zero-order valence-electron chi connectivity index (χ0n) is 18.9. The summed E-state index contributed by atoms with van der Waals surface area (Å²) >= 11 is 0. The van der Waals surface area contributed by atoms with Gasteiger partial charge in [0.05, 0.1) is 5.71 Å². The van der Waals surface area contributed by atoms with Gasteiger partial charge in [-0.25, -0.2) is 0 Å². The number of hydrazine groups is 1. The number of phenols is 1. The summed E-state index contributed by atoms with van der Waals surface area (Å²) in [7, 11) is 3.63. The van der Waals surface area contributed by atoms with Gasteiger partial charge in [-0.05, 0) is 52.9 Å². The number of nitrogen functional groups attached to an aromatic ring is 1. The summed E-state index contributed by atoms with van der Waals surface area (Å²) in [5.41, 5.74) is 9.50. The molecule has 1 aromatic carbocycles. The fourth-order valence-corrected chi connectivity index (χ4v) is 2.74. The van der Waals surface area contributed by atoms with Gasteiger partial charge >= 0.3 is 0 Å². The number of hydrogen-bond donors (Lipinski definition) is 6. The van der Waals surface area contributed by atoms with E-state index in [0.29, 0.717) is 29.3 Å². The number of nitrogens with zero attached hydrogens (tertiary/aromatic N) is 3. The molecule has 1 aliphatic heterocycles. The first-order valence-corrected chi connectivity index (χ1v) is 9.94. The molecule has 0 spiro atoms. The van der Waals surface area contributed by atoms with Crippen LogP contribution < -0.4 is 22.3 Å². The summed E-state index contributed by atoms with van der Waals surface area (Å²) in [5.74, 6) is 5.46. The van der Waals surface area contributed by atoms with E-state index in [9.17, 15) is 5.11 Å². The molecule has 168 valence electrons. The van der Waals surface area contributed by atoms with Crippen LogP contribution in [0.2, 0.25) is 0 Å². The number of aromatic hydroxyl groups is 1. The number of amidine groups is 2. The molecule has 2 rings (SSSR count). The Morgan fingerprint density at radius 2 is 2.00 bits per heavy atom. The van der Waals surface area contributed by atoms with E-state index in [0.717, 1.165) is 25.3 Å². The van der Waals surface area contributed by atoms with Crippen LogP contribution in [0.4, 0.5) is 0 Å². The topological polar surface area (TPSA) is 148 Å². The van der Waals surface area contributed by atoms with E-state index in [-0.39, 0.29) is 11.6 Å². The van der Waals surface area contributed by atoms with Crippen LogP contribution in [-0.2, 0) is 0 Å². The molecule has 8 N–H and O–H groups in total. The van der Waals surface area contributed by atoms with Gasteiger partial charge in [-0.2, -0.15) is 5.10 Å². The second-order valence-corrected chi connectivity index (χ2v) is 6.61. The molecular weight excluding hydrogens is 380 g/mol. The van der Waals surface area contributed by atoms with Crippen molar-refractivity contribution in [3.8, 4) is 5.75 Å². The van der Waals surface area contributed by atoms with Gasteiger partial charge in [0.15, 0.2) is 0 Å². The largest absolute Gasteiger partial charge is 0.507 e. The first kappa shape index (κ1) is 27.2. The van der Waals surface area contributed by atoms with Crippen LogP contribution in [0.1, 0.15) is 44.7 Å². The van der Waals surface area contributed by atoms with Gasteiger partial charge in [0.1, 0.15) is 17.4 Å². The third kappa shape index (κ3) is 9.17. The summed E-state index contributed by atoms with van der Waals surface area (Å²) in [4.78, 5) is 2.21. The molecule has 0 bridgehead atoms. The third-order valence-electron chi connectivity index (χ3n) is 4.32. The Morgan fingerprint density at radius 1 is 1.40 bits per heavy atom. The Hall–Kier alpha value is -2.75. The Labute approximate surface area is 180 Å². The van der Waals surface area contributed by atoms with Gasteiger partial charge in [-0.3, -0.25) is 16.7 Å². The maximum absolute atomic E-state index is 10.2. The Balaban J connectivity index is 0.00000125. The Morgan fingerprint density at radius 3 is 2.43 bits per heavy atom. The number of benzene rings is 1. The van der Waals surface area contributed by atoms with Crippen LogP contribution >= 0.6 is 0 Å². The quantitative estimate of drug-likeness (QED) is 0.141. The lowest BCUT2D eigenvalue weighted by molar-refractivity contribution is 0.474. The molecular formula is C21H38N8O. The molecule has 0 amide bonds. The van der Waals surface area contributed by atoms with Gasteiger partial charge in [-0.15, -0.1) is 11.7 Å². The first-order valence-electron chi connectivity index (χ1n) is 9.94. The molecule has 30 heavy (non-hydrogen) atoms. The molecule has 1 heterocycles. The average molecular weight is 419 g/mol. The number of phenolic OH excluding ortho intramolecular Hbond substituents is 1. The summed E-state index contributed by atoms with van der Waals surface area (Å²) in [6.45, 7) is 11.1. The van der Waals surface area contributed by atoms with Crippen LogP contribution in [0.25, 0.3) is 0 Å². The Kier molecular flexibility index (Phi) is 13.8. The predicted octanol–water partition coefficient (Wildman–Crippen LogP) is 1.77. The van der Waals surface area contributed by atoms with Gasteiger partial charge in [0.25, 0.3) is 0 Å². The van der Waals surface area contributed by atoms with Crippen LogP contribution in [0.3, 0.4) is 0 Å². The molecule has 1 atom stereocenters. The summed E-state index contributed by atoms with van der Waals surface area (Å²) in [6, 6.07) is 5.41. The fraction of sp³-hybridized carbons (Fsp3) is 0.476. The van der Waals surface area contributed by atoms with Crippen molar-refractivity contribution < 1.29 is 5.11 Å². The molecule has 1 aliphatic rings. The number of hydrogen-bond acceptors (Lipinski definition) is 7. The summed E-state index contributed by atoms with van der Waals surface area (Å²) in [5, 5.41) is 29.6. The maximum Gasteiger partial charge on any atom is 0.125 e. The zero-order chi connectivity index (χ0) is 23.1. The van der Waals surface area contributed by atoms with Crippen molar-refractivity contribution in [1.29, 1.82) is 5.41 Å². The summed E-state index contributed by atoms with van der Waals surface area (Å²) < 4.78 is 0. The first-order chi connectivity index (χ1) is 14.3. The number of nitrogens with two attached hydrogens (primary N) is 2. The lowest BCUT2D eigenvalue weighted by atomic mass is 10.0. The van der Waals surface area contributed by atoms with Crippen LogP contribution in [0.15, 0.2) is 41.1 Å². The average Bonchev–Trinajstić information content (AvgIpc) is 3.19. The second-order valence-electron chi connectivity index (χ2n) is 6.61. The number of likely N-dealkylation sites (N-methyl/N-ethyl adjacent to an activating group) is 1. The Bertz CT molecular complexity index is 730. The van der Waals surface area contributed by atoms with Crippen molar-refractivity contribution in [2.75, 3.05) is 27.2 Å². The maximum atomic E-state index is 10.2. The van der Waals surface area contributed by atoms with E-state index in [1.165, 1.54) is 6.07 Å². The highest BCUT2D eigenvalue weighted by atomic mass is 16.3. The highest BCUT2D eigenvalue weighted by Gasteiger charge is 2.21. The van der Waals surface area contributed by atoms with E-state index in [1.54, 1.807) is 25.3 Å². The van der Waals surface area contributed by atoms with E-state index in [2.05, 4.69) is 38.3 Å². The van der Waals surface area contributed by atoms with Gasteiger partial charge in [-0.1, -0.05) is 19.1 Å². The molecule has 0 saturated carbocycles. The minimum atomic E-state index is -0.0752. The van der Waals surface area contributed by atoms with Crippen molar-refractivity contribution in [1.82, 2.24) is 15.6 Å². The summed E-state index contributed by atoms with van der Waals surface area (Å²) in [6.07, 6.45) is 3.49. The second kappa shape index (κ2) is 15.1. The van der Waals surface area contributed by atoms with Crippen molar-refractivity contribution in [2.24, 2.45) is 21.8 Å². The van der Waals surface area contributed by atoms with Crippen LogP contribution in [-0.4, -0.2) is 60.6 Å². The number of rotatable bonds is 5. The molecule has 9 nitrogen and oxygen atoms in total. The van der Waals surface area contributed by atoms with Crippen molar-refractivity contribution >= 4 is 17.4 Å². The lowest BCUT2D eigenvalue weighted by Crippen LogP contribution is -2.32. The molecule has 9 heteroatoms. The van der Waals surface area contributed by atoms with E-state index >= 15 is 0 Å². The smallest absolute Gasteiger partial charge is 0.125 e. The SMILES string of the molecule is C=CC.CC/C(=N\N=C(/C)N1CCC(NC)C1)c1ccc(C(=N)N)cc1O.CNN. The highest BCUT2D eigenvalue weighted by Crippen LogP contribution is 2.21. The predicted molar refractivity (Wildman–Crippen MR) is 127 cm³/mol. The zero-order valence-corrected chi connectivity index (χ0v) is 18.9. The van der Waals surface area contributed by atoms with Gasteiger partial charge < -0.3 is 21.1 Å². The van der Waals surface area contributed by atoms with Crippen molar-refractivity contribution in [2.45, 2.75) is 39.7 Å². The number of likely N-dealkylation sites (tertiary alicyclic amines) is 1. The lowest BCUT2D eigenvalue weighted by Gasteiger charge is -2.16. The van der Waals surface area contributed by atoms with Gasteiger partial charge in [0.2, 0.25) is 0 Å².